The maximum atomic E-state index is 12.8. The molecular weight excluding hydrogens is 649 g/mol. The lowest BCUT2D eigenvalue weighted by atomic mass is 9.44. The molecule has 5 aliphatic carbocycles. The SMILES string of the molecule is Cc1cc(OCc2nnc(SC3CCCC3)n2-c2cccnc2)ccc1C#CCOC(=O)NCCNC(=O)C[C@@]12CC3C[C@H](C[C@H](C3)[C@H]1C)C2. The van der Waals surface area contributed by atoms with E-state index in [4.69, 9.17) is 9.47 Å². The molecule has 2 aromatic heterocycles. The van der Waals surface area contributed by atoms with Gasteiger partial charge in [-0.1, -0.05) is 43.4 Å². The lowest BCUT2D eigenvalue weighted by molar-refractivity contribution is -0.138. The van der Waals surface area contributed by atoms with Crippen molar-refractivity contribution < 1.29 is 19.1 Å². The molecule has 50 heavy (non-hydrogen) atoms. The smallest absolute Gasteiger partial charge is 0.408 e. The first-order chi connectivity index (χ1) is 24.3. The van der Waals surface area contributed by atoms with Crippen LogP contribution in [0.5, 0.6) is 5.75 Å². The number of amides is 2. The van der Waals surface area contributed by atoms with Gasteiger partial charge in [0.1, 0.15) is 12.4 Å². The highest BCUT2D eigenvalue weighted by molar-refractivity contribution is 7.99. The second-order valence-corrected chi connectivity index (χ2v) is 16.1. The molecule has 10 nitrogen and oxygen atoms in total. The van der Waals surface area contributed by atoms with Crippen molar-refractivity contribution in [2.24, 2.45) is 29.1 Å². The number of pyridine rings is 1. The minimum absolute atomic E-state index is 0.0367. The van der Waals surface area contributed by atoms with Crippen molar-refractivity contribution in [3.8, 4) is 23.3 Å². The molecule has 8 rings (SSSR count). The average Bonchev–Trinajstić information content (AvgIpc) is 3.77. The summed E-state index contributed by atoms with van der Waals surface area (Å²) in [5.74, 6) is 10.6. The summed E-state index contributed by atoms with van der Waals surface area (Å²) in [7, 11) is 0. The average molecular weight is 697 g/mol. The molecular formula is C39H48N6O4S. The van der Waals surface area contributed by atoms with Crippen LogP contribution in [0.1, 0.15) is 88.1 Å². The highest BCUT2D eigenvalue weighted by atomic mass is 32.2. The highest BCUT2D eigenvalue weighted by Gasteiger charge is 2.55. The number of rotatable bonds is 12. The Bertz CT molecular complexity index is 1710. The Hall–Kier alpha value is -4.04. The summed E-state index contributed by atoms with van der Waals surface area (Å²) >= 11 is 1.79. The van der Waals surface area contributed by atoms with Crippen LogP contribution in [0.2, 0.25) is 0 Å². The fraction of sp³-hybridized carbons (Fsp3) is 0.564. The van der Waals surface area contributed by atoms with Crippen molar-refractivity contribution in [1.29, 1.82) is 0 Å². The predicted molar refractivity (Wildman–Crippen MR) is 192 cm³/mol. The van der Waals surface area contributed by atoms with Gasteiger partial charge in [0.2, 0.25) is 5.91 Å². The number of ether oxygens (including phenoxy) is 2. The Kier molecular flexibility index (Phi) is 10.6. The van der Waals surface area contributed by atoms with Gasteiger partial charge in [0.05, 0.1) is 11.9 Å². The van der Waals surface area contributed by atoms with E-state index in [9.17, 15) is 9.59 Å². The van der Waals surface area contributed by atoms with Crippen molar-refractivity contribution in [2.75, 3.05) is 19.7 Å². The number of benzene rings is 1. The summed E-state index contributed by atoms with van der Waals surface area (Å²) in [6.07, 6.45) is 15.1. The van der Waals surface area contributed by atoms with Crippen LogP contribution in [-0.4, -0.2) is 56.7 Å². The molecule has 5 aliphatic rings. The van der Waals surface area contributed by atoms with Crippen LogP contribution in [0, 0.1) is 47.9 Å². The zero-order valence-electron chi connectivity index (χ0n) is 29.2. The van der Waals surface area contributed by atoms with Gasteiger partial charge in [-0.25, -0.2) is 4.79 Å². The number of carbonyl (C=O) groups excluding carboxylic acids is 2. The number of alkyl carbamates (subject to hydrolysis) is 1. The maximum Gasteiger partial charge on any atom is 0.408 e. The summed E-state index contributed by atoms with van der Waals surface area (Å²) in [5.41, 5.74) is 2.87. The summed E-state index contributed by atoms with van der Waals surface area (Å²) in [5, 5.41) is 16.1. The molecule has 0 saturated heterocycles. The van der Waals surface area contributed by atoms with Crippen molar-refractivity contribution in [2.45, 2.75) is 95.1 Å². The van der Waals surface area contributed by atoms with Crippen molar-refractivity contribution in [3.05, 3.63) is 59.7 Å². The molecule has 1 unspecified atom stereocenters. The second-order valence-electron chi connectivity index (χ2n) is 14.8. The topological polar surface area (TPSA) is 120 Å². The zero-order chi connectivity index (χ0) is 34.5. The number of aromatic nitrogens is 4. The minimum atomic E-state index is -0.548. The molecule has 264 valence electrons. The van der Waals surface area contributed by atoms with Crippen LogP contribution in [0.4, 0.5) is 4.79 Å². The molecule has 0 radical (unpaired) electrons. The maximum absolute atomic E-state index is 12.8. The van der Waals surface area contributed by atoms with Crippen molar-refractivity contribution in [3.63, 3.8) is 0 Å². The van der Waals surface area contributed by atoms with E-state index in [-0.39, 0.29) is 24.5 Å². The van der Waals surface area contributed by atoms with Gasteiger partial charge in [-0.05, 0) is 117 Å². The van der Waals surface area contributed by atoms with Crippen LogP contribution >= 0.6 is 11.8 Å². The number of hydrogen-bond donors (Lipinski definition) is 2. The van der Waals surface area contributed by atoms with E-state index in [0.29, 0.717) is 42.3 Å². The van der Waals surface area contributed by atoms with Gasteiger partial charge < -0.3 is 20.1 Å². The summed E-state index contributed by atoms with van der Waals surface area (Å²) in [4.78, 5) is 29.3. The van der Waals surface area contributed by atoms with Gasteiger partial charge in [-0.15, -0.1) is 10.2 Å². The molecule has 3 aromatic rings. The monoisotopic (exact) mass is 696 g/mol. The molecule has 0 spiro atoms. The van der Waals surface area contributed by atoms with E-state index in [1.165, 1.54) is 57.8 Å². The Morgan fingerprint density at radius 3 is 2.62 bits per heavy atom. The molecule has 2 N–H and O–H groups in total. The first-order valence-corrected chi connectivity index (χ1v) is 19.1. The Morgan fingerprint density at radius 2 is 1.86 bits per heavy atom. The van der Waals surface area contributed by atoms with Crippen LogP contribution in [0.25, 0.3) is 5.69 Å². The number of aryl methyl sites for hydroxylation is 1. The van der Waals surface area contributed by atoms with Gasteiger partial charge in [0, 0.05) is 36.5 Å². The molecule has 0 aliphatic heterocycles. The summed E-state index contributed by atoms with van der Waals surface area (Å²) in [6, 6.07) is 9.64. The number of nitrogens with one attached hydrogen (secondary N) is 2. The number of nitrogens with zero attached hydrogens (tertiary/aromatic N) is 4. The third-order valence-electron chi connectivity index (χ3n) is 11.5. The minimum Gasteiger partial charge on any atom is -0.486 e. The van der Waals surface area contributed by atoms with Gasteiger partial charge >= 0.3 is 6.09 Å². The second kappa shape index (κ2) is 15.5. The molecule has 5 atom stereocenters. The fourth-order valence-electron chi connectivity index (χ4n) is 9.19. The number of carbonyl (C=O) groups is 2. The largest absolute Gasteiger partial charge is 0.486 e. The molecule has 5 fully saturated rings. The van der Waals surface area contributed by atoms with E-state index in [2.05, 4.69) is 44.6 Å². The van der Waals surface area contributed by atoms with Crippen molar-refractivity contribution in [1.82, 2.24) is 30.4 Å². The first-order valence-electron chi connectivity index (χ1n) is 18.3. The Labute approximate surface area is 299 Å². The lowest BCUT2D eigenvalue weighted by Crippen LogP contribution is -2.53. The molecule has 2 amide bonds. The molecule has 1 aromatic carbocycles. The Morgan fingerprint density at radius 1 is 1.06 bits per heavy atom. The quantitative estimate of drug-likeness (QED) is 0.160. The lowest BCUT2D eigenvalue weighted by Gasteiger charge is -2.60. The zero-order valence-corrected chi connectivity index (χ0v) is 30.0. The summed E-state index contributed by atoms with van der Waals surface area (Å²) < 4.78 is 13.4. The van der Waals surface area contributed by atoms with Crippen LogP contribution in [0.3, 0.4) is 0 Å². The normalized spacial score (nSPS) is 25.2. The fourth-order valence-corrected chi connectivity index (χ4v) is 10.5. The third kappa shape index (κ3) is 7.96. The molecule has 4 bridgehead atoms. The van der Waals surface area contributed by atoms with Gasteiger partial charge in [-0.2, -0.15) is 0 Å². The molecule has 2 heterocycles. The van der Waals surface area contributed by atoms with Crippen molar-refractivity contribution >= 4 is 23.8 Å². The van der Waals surface area contributed by atoms with Crippen LogP contribution < -0.4 is 15.4 Å². The van der Waals surface area contributed by atoms with Gasteiger partial charge in [0.25, 0.3) is 0 Å². The number of thioether (sulfide) groups is 1. The summed E-state index contributed by atoms with van der Waals surface area (Å²) in [6.45, 7) is 5.26. The van der Waals surface area contributed by atoms with Crippen LogP contribution in [-0.2, 0) is 16.1 Å². The van der Waals surface area contributed by atoms with Gasteiger partial charge in [0.15, 0.2) is 17.6 Å². The highest BCUT2D eigenvalue weighted by Crippen LogP contribution is 2.64. The molecule has 5 saturated carbocycles. The number of hydrogen-bond acceptors (Lipinski definition) is 8. The molecule has 11 heteroatoms. The van der Waals surface area contributed by atoms with E-state index < -0.39 is 6.09 Å². The van der Waals surface area contributed by atoms with Crippen LogP contribution in [0.15, 0.2) is 47.9 Å². The van der Waals surface area contributed by atoms with E-state index in [1.807, 2.05) is 48.0 Å². The third-order valence-corrected chi connectivity index (χ3v) is 12.8. The first kappa shape index (κ1) is 34.4. The van der Waals surface area contributed by atoms with E-state index >= 15 is 0 Å². The standard InChI is InChI=1S/C39H48N6O4S/c1-26-17-33(49-25-35-43-44-37(50-34-9-3-4-10-34)45(35)32-8-5-13-40-24-32)12-11-30(26)7-6-16-48-38(47)42-15-14-41-36(46)23-39-21-28-18-29(22-39)20-31(19-28)27(39)2/h5,8,11-13,17,24,27-29,31,34H,3-4,9-10,14-16,18-23,25H2,1-2H3,(H,41,46)(H,42,47)/t27-,28-,29?,31-,39-/m1/s1. The predicted octanol–water partition coefficient (Wildman–Crippen LogP) is 6.63. The van der Waals surface area contributed by atoms with E-state index in [1.54, 1.807) is 18.0 Å². The Balaban J connectivity index is 0.837. The van der Waals surface area contributed by atoms with E-state index in [0.717, 1.165) is 39.7 Å². The van der Waals surface area contributed by atoms with Gasteiger partial charge in [-0.3, -0.25) is 14.3 Å².